The number of hydrogen-bond donors (Lipinski definition) is 2. The van der Waals surface area contributed by atoms with Crippen molar-refractivity contribution in [1.82, 2.24) is 4.72 Å². The van der Waals surface area contributed by atoms with E-state index in [1.165, 1.54) is 6.07 Å². The van der Waals surface area contributed by atoms with Crippen molar-refractivity contribution in [3.8, 4) is 5.75 Å². The van der Waals surface area contributed by atoms with E-state index in [0.717, 1.165) is 16.6 Å². The summed E-state index contributed by atoms with van der Waals surface area (Å²) in [5.74, 6) is -0.762. The molecule has 2 N–H and O–H groups in total. The summed E-state index contributed by atoms with van der Waals surface area (Å²) in [4.78, 5) is 26.6. The molecule has 1 atom stereocenters. The monoisotopic (exact) mass is 608 g/mol. The largest absolute Gasteiger partial charge is 0.489 e. The fourth-order valence-electron chi connectivity index (χ4n) is 4.95. The lowest BCUT2D eigenvalue weighted by Gasteiger charge is -2.19. The molecule has 0 heterocycles. The molecule has 0 aliphatic heterocycles. The van der Waals surface area contributed by atoms with Crippen LogP contribution in [0, 0.1) is 0 Å². The van der Waals surface area contributed by atoms with E-state index in [2.05, 4.69) is 4.72 Å². The van der Waals surface area contributed by atoms with E-state index in [-0.39, 0.29) is 23.7 Å². The zero-order valence-corrected chi connectivity index (χ0v) is 25.1. The average molecular weight is 609 g/mol. The standard InChI is InChI=1S/C35H32N2O6S/c1-37(2)32-12-6-11-30-29(32)10-7-13-33(30)44(41,42)36-31(35(39)40)22-24-16-20-28(21-17-24)43-23-25-14-18-27(19-15-25)34(38)26-8-4-3-5-9-26/h3-21,31,36H,22-23H2,1-2H3,(H,39,40)/t31-/m0/s1. The van der Waals surface area contributed by atoms with Crippen LogP contribution in [0.2, 0.25) is 0 Å². The van der Waals surface area contributed by atoms with Crippen LogP contribution in [0.5, 0.6) is 5.75 Å². The van der Waals surface area contributed by atoms with Crippen LogP contribution in [0.15, 0.2) is 120 Å². The van der Waals surface area contributed by atoms with Crippen LogP contribution in [0.25, 0.3) is 10.8 Å². The smallest absolute Gasteiger partial charge is 0.322 e. The summed E-state index contributed by atoms with van der Waals surface area (Å²) in [5.41, 5.74) is 3.58. The number of anilines is 1. The Morgan fingerprint density at radius 2 is 1.36 bits per heavy atom. The van der Waals surface area contributed by atoms with Gasteiger partial charge in [0.05, 0.1) is 4.90 Å². The molecular weight excluding hydrogens is 576 g/mol. The summed E-state index contributed by atoms with van der Waals surface area (Å²) >= 11 is 0. The van der Waals surface area contributed by atoms with Gasteiger partial charge in [-0.1, -0.05) is 91.0 Å². The number of aliphatic carboxylic acids is 1. The second kappa shape index (κ2) is 13.1. The summed E-state index contributed by atoms with van der Waals surface area (Å²) in [6.07, 6.45) is -0.0561. The highest BCUT2D eigenvalue weighted by atomic mass is 32.2. The molecule has 0 aliphatic rings. The van der Waals surface area contributed by atoms with Gasteiger partial charge in [0.15, 0.2) is 5.78 Å². The first-order valence-electron chi connectivity index (χ1n) is 14.0. The third kappa shape index (κ3) is 6.96. The zero-order valence-electron chi connectivity index (χ0n) is 24.3. The van der Waals surface area contributed by atoms with Crippen molar-refractivity contribution in [1.29, 1.82) is 0 Å². The minimum absolute atomic E-state index is 0.0196. The van der Waals surface area contributed by atoms with Crippen molar-refractivity contribution in [2.75, 3.05) is 19.0 Å². The number of ether oxygens (including phenoxy) is 1. The molecule has 5 aromatic rings. The first-order chi connectivity index (χ1) is 21.1. The second-order valence-corrected chi connectivity index (χ2v) is 12.2. The molecule has 5 aromatic carbocycles. The fourth-order valence-corrected chi connectivity index (χ4v) is 6.36. The molecule has 44 heavy (non-hydrogen) atoms. The quantitative estimate of drug-likeness (QED) is 0.175. The number of sulfonamides is 1. The van der Waals surface area contributed by atoms with Crippen molar-refractivity contribution in [3.63, 3.8) is 0 Å². The molecule has 0 aromatic heterocycles. The molecule has 0 aliphatic carbocycles. The highest BCUT2D eigenvalue weighted by Crippen LogP contribution is 2.30. The van der Waals surface area contributed by atoms with Crippen molar-refractivity contribution < 1.29 is 27.9 Å². The van der Waals surface area contributed by atoms with Gasteiger partial charge in [0.1, 0.15) is 18.4 Å². The first-order valence-corrected chi connectivity index (χ1v) is 15.5. The van der Waals surface area contributed by atoms with Gasteiger partial charge < -0.3 is 14.7 Å². The first kappa shape index (κ1) is 30.5. The van der Waals surface area contributed by atoms with Gasteiger partial charge in [0.25, 0.3) is 0 Å². The summed E-state index contributed by atoms with van der Waals surface area (Å²) in [7, 11) is -0.414. The van der Waals surface area contributed by atoms with Crippen molar-refractivity contribution in [2.24, 2.45) is 0 Å². The van der Waals surface area contributed by atoms with E-state index in [0.29, 0.717) is 27.8 Å². The molecule has 9 heteroatoms. The fraction of sp³-hybridized carbons (Fsp3) is 0.143. The SMILES string of the molecule is CN(C)c1cccc2c(S(=O)(=O)N[C@@H](Cc3ccc(OCc4ccc(C(=O)c5ccccc5)cc4)cc3)C(=O)O)cccc12. The van der Waals surface area contributed by atoms with Gasteiger partial charge in [-0.05, 0) is 41.8 Å². The lowest BCUT2D eigenvalue weighted by atomic mass is 10.0. The summed E-state index contributed by atoms with van der Waals surface area (Å²) in [6, 6.07) is 32.1. The van der Waals surface area contributed by atoms with Crippen LogP contribution >= 0.6 is 0 Å². The number of rotatable bonds is 12. The molecule has 0 saturated heterocycles. The van der Waals surface area contributed by atoms with Gasteiger partial charge in [0.2, 0.25) is 10.0 Å². The third-order valence-corrected chi connectivity index (χ3v) is 8.78. The Kier molecular flexibility index (Phi) is 9.08. The number of nitrogens with one attached hydrogen (secondary N) is 1. The Labute approximate surface area is 256 Å². The molecule has 5 rings (SSSR count). The predicted octanol–water partition coefficient (Wildman–Crippen LogP) is 5.69. The van der Waals surface area contributed by atoms with E-state index in [4.69, 9.17) is 4.74 Å². The van der Waals surface area contributed by atoms with Crippen LogP contribution in [-0.2, 0) is 27.8 Å². The number of hydrogen-bond acceptors (Lipinski definition) is 6. The lowest BCUT2D eigenvalue weighted by Crippen LogP contribution is -2.42. The summed E-state index contributed by atoms with van der Waals surface area (Å²) in [5, 5.41) is 11.1. The predicted molar refractivity (Wildman–Crippen MR) is 171 cm³/mol. The highest BCUT2D eigenvalue weighted by molar-refractivity contribution is 7.89. The van der Waals surface area contributed by atoms with E-state index in [9.17, 15) is 23.1 Å². The molecule has 224 valence electrons. The minimum atomic E-state index is -4.16. The maximum absolute atomic E-state index is 13.4. The third-order valence-electron chi connectivity index (χ3n) is 7.25. The Bertz CT molecular complexity index is 1890. The lowest BCUT2D eigenvalue weighted by molar-refractivity contribution is -0.138. The normalized spacial score (nSPS) is 12.0. The molecule has 0 amide bonds. The molecule has 0 spiro atoms. The van der Waals surface area contributed by atoms with Crippen LogP contribution in [-0.4, -0.2) is 45.4 Å². The average Bonchev–Trinajstić information content (AvgIpc) is 3.03. The van der Waals surface area contributed by atoms with E-state index in [1.54, 1.807) is 66.7 Å². The van der Waals surface area contributed by atoms with Gasteiger partial charge in [-0.15, -0.1) is 0 Å². The maximum Gasteiger partial charge on any atom is 0.322 e. The van der Waals surface area contributed by atoms with Crippen molar-refractivity contribution >= 4 is 38.2 Å². The Hall–Kier alpha value is -4.99. The number of carboxylic acid groups (broad SMARTS) is 1. The topological polar surface area (TPSA) is 113 Å². The number of ketones is 1. The van der Waals surface area contributed by atoms with Gasteiger partial charge in [0, 0.05) is 41.7 Å². The Balaban J connectivity index is 1.23. The number of carboxylic acids is 1. The van der Waals surface area contributed by atoms with Gasteiger partial charge in [-0.25, -0.2) is 8.42 Å². The minimum Gasteiger partial charge on any atom is -0.489 e. The van der Waals surface area contributed by atoms with Gasteiger partial charge >= 0.3 is 5.97 Å². The molecule has 0 fully saturated rings. The number of benzene rings is 5. The second-order valence-electron chi connectivity index (χ2n) is 10.6. The number of nitrogens with zero attached hydrogens (tertiary/aromatic N) is 1. The molecule has 0 radical (unpaired) electrons. The maximum atomic E-state index is 13.4. The number of carbonyl (C=O) groups excluding carboxylic acids is 1. The summed E-state index contributed by atoms with van der Waals surface area (Å²) in [6.45, 7) is 0.275. The molecule has 0 saturated carbocycles. The van der Waals surface area contributed by atoms with Crippen LogP contribution in [0.3, 0.4) is 0 Å². The number of carbonyl (C=O) groups is 2. The van der Waals surface area contributed by atoms with Gasteiger partial charge in [-0.2, -0.15) is 4.72 Å². The van der Waals surface area contributed by atoms with Crippen molar-refractivity contribution in [3.05, 3.63) is 138 Å². The molecule has 8 nitrogen and oxygen atoms in total. The highest BCUT2D eigenvalue weighted by Gasteiger charge is 2.27. The van der Waals surface area contributed by atoms with Crippen LogP contribution in [0.4, 0.5) is 5.69 Å². The Morgan fingerprint density at radius 3 is 2.02 bits per heavy atom. The zero-order chi connectivity index (χ0) is 31.3. The van der Waals surface area contributed by atoms with Crippen LogP contribution in [0.1, 0.15) is 27.0 Å². The number of fused-ring (bicyclic) bond motifs is 1. The summed E-state index contributed by atoms with van der Waals surface area (Å²) < 4.78 is 35.1. The molecule has 0 unspecified atom stereocenters. The Morgan fingerprint density at radius 1 is 0.750 bits per heavy atom. The van der Waals surface area contributed by atoms with Gasteiger partial charge in [-0.3, -0.25) is 9.59 Å². The van der Waals surface area contributed by atoms with E-state index in [1.807, 2.05) is 61.5 Å². The van der Waals surface area contributed by atoms with Crippen LogP contribution < -0.4 is 14.4 Å². The van der Waals surface area contributed by atoms with E-state index < -0.39 is 22.0 Å². The van der Waals surface area contributed by atoms with Crippen molar-refractivity contribution in [2.45, 2.75) is 24.0 Å². The molecular formula is C35H32N2O6S. The van der Waals surface area contributed by atoms with E-state index >= 15 is 0 Å². The molecule has 0 bridgehead atoms.